The molecule has 0 bridgehead atoms. The standard InChI is InChI=1S/C21H28N4O2S/c1-16-18(28-20(24-16)17-7-3-6-10-22-17)19(26)23-15-21(8-4-2-5-9-21)25-11-13-27-14-12-25/h3,6-7,10H,2,4-5,8-9,11-15H2,1H3,(H,23,26). The lowest BCUT2D eigenvalue weighted by Gasteiger charge is -2.48. The van der Waals surface area contributed by atoms with Gasteiger partial charge in [-0.1, -0.05) is 25.3 Å². The Morgan fingerprint density at radius 3 is 2.75 bits per heavy atom. The minimum atomic E-state index is -0.0182. The number of aryl methyl sites for hydroxylation is 1. The SMILES string of the molecule is Cc1nc(-c2ccccn2)sc1C(=O)NCC1(N2CCOCC2)CCCCC1. The first-order valence-electron chi connectivity index (χ1n) is 10.2. The Kier molecular flexibility index (Phi) is 6.04. The molecule has 2 aromatic heterocycles. The number of amides is 1. The molecule has 0 atom stereocenters. The average molecular weight is 401 g/mol. The Morgan fingerprint density at radius 2 is 2.04 bits per heavy atom. The van der Waals surface area contributed by atoms with Crippen molar-refractivity contribution in [2.45, 2.75) is 44.6 Å². The summed E-state index contributed by atoms with van der Waals surface area (Å²) in [5.41, 5.74) is 1.65. The largest absolute Gasteiger partial charge is 0.379 e. The molecule has 1 N–H and O–H groups in total. The van der Waals surface area contributed by atoms with Crippen LogP contribution in [0.25, 0.3) is 10.7 Å². The van der Waals surface area contributed by atoms with E-state index in [2.05, 4.69) is 20.2 Å². The number of carbonyl (C=O) groups is 1. The second kappa shape index (κ2) is 8.68. The van der Waals surface area contributed by atoms with Crippen molar-refractivity contribution in [2.24, 2.45) is 0 Å². The summed E-state index contributed by atoms with van der Waals surface area (Å²) in [6.07, 6.45) is 7.80. The van der Waals surface area contributed by atoms with Crippen LogP contribution in [0.4, 0.5) is 0 Å². The summed E-state index contributed by atoms with van der Waals surface area (Å²) in [6, 6.07) is 5.75. The second-order valence-electron chi connectivity index (χ2n) is 7.72. The van der Waals surface area contributed by atoms with Gasteiger partial charge in [0, 0.05) is 31.4 Å². The molecule has 2 aromatic rings. The molecule has 1 saturated heterocycles. The van der Waals surface area contributed by atoms with Crippen molar-refractivity contribution in [2.75, 3.05) is 32.8 Å². The second-order valence-corrected chi connectivity index (χ2v) is 8.71. The van der Waals surface area contributed by atoms with Gasteiger partial charge in [-0.15, -0.1) is 11.3 Å². The highest BCUT2D eigenvalue weighted by Crippen LogP contribution is 2.34. The van der Waals surface area contributed by atoms with E-state index in [0.29, 0.717) is 11.4 Å². The summed E-state index contributed by atoms with van der Waals surface area (Å²) >= 11 is 1.42. The maximum absolute atomic E-state index is 13.0. The summed E-state index contributed by atoms with van der Waals surface area (Å²) in [4.78, 5) is 25.1. The summed E-state index contributed by atoms with van der Waals surface area (Å²) in [6.45, 7) is 6.09. The van der Waals surface area contributed by atoms with Gasteiger partial charge in [-0.3, -0.25) is 14.7 Å². The van der Waals surface area contributed by atoms with Crippen LogP contribution in [-0.4, -0.2) is 59.2 Å². The first-order valence-corrected chi connectivity index (χ1v) is 11.0. The molecule has 1 aliphatic carbocycles. The number of nitrogens with one attached hydrogen (secondary N) is 1. The predicted molar refractivity (Wildman–Crippen MR) is 111 cm³/mol. The summed E-state index contributed by atoms with van der Waals surface area (Å²) in [5.74, 6) is -0.0182. The van der Waals surface area contributed by atoms with Crippen LogP contribution in [0.3, 0.4) is 0 Å². The maximum Gasteiger partial charge on any atom is 0.263 e. The number of morpholine rings is 1. The van der Waals surface area contributed by atoms with Gasteiger partial charge < -0.3 is 10.1 Å². The number of rotatable bonds is 5. The van der Waals surface area contributed by atoms with E-state index < -0.39 is 0 Å². The molecule has 4 rings (SSSR count). The third-order valence-electron chi connectivity index (χ3n) is 5.93. The van der Waals surface area contributed by atoms with Crippen molar-refractivity contribution >= 4 is 17.2 Å². The molecule has 2 aliphatic rings. The Hall–Kier alpha value is -1.83. The molecule has 3 heterocycles. The lowest BCUT2D eigenvalue weighted by molar-refractivity contribution is -0.0361. The third kappa shape index (κ3) is 4.11. The van der Waals surface area contributed by atoms with Crippen LogP contribution >= 0.6 is 11.3 Å². The van der Waals surface area contributed by atoms with Crippen molar-refractivity contribution in [1.82, 2.24) is 20.2 Å². The highest BCUT2D eigenvalue weighted by molar-refractivity contribution is 7.17. The smallest absolute Gasteiger partial charge is 0.263 e. The van der Waals surface area contributed by atoms with Gasteiger partial charge in [0.2, 0.25) is 0 Å². The minimum absolute atomic E-state index is 0.0182. The third-order valence-corrected chi connectivity index (χ3v) is 7.11. The number of hydrogen-bond donors (Lipinski definition) is 1. The predicted octanol–water partition coefficient (Wildman–Crippen LogP) is 3.28. The van der Waals surface area contributed by atoms with Crippen LogP contribution in [0.1, 0.15) is 47.5 Å². The van der Waals surface area contributed by atoms with Crippen molar-refractivity contribution in [1.29, 1.82) is 0 Å². The van der Waals surface area contributed by atoms with E-state index in [9.17, 15) is 4.79 Å². The molecule has 150 valence electrons. The number of ether oxygens (including phenoxy) is 1. The molecule has 28 heavy (non-hydrogen) atoms. The van der Waals surface area contributed by atoms with Gasteiger partial charge >= 0.3 is 0 Å². The van der Waals surface area contributed by atoms with E-state index in [4.69, 9.17) is 4.74 Å². The van der Waals surface area contributed by atoms with Gasteiger partial charge in [-0.25, -0.2) is 4.98 Å². The zero-order valence-corrected chi connectivity index (χ0v) is 17.3. The van der Waals surface area contributed by atoms with Gasteiger partial charge in [-0.2, -0.15) is 0 Å². The quantitative estimate of drug-likeness (QED) is 0.834. The van der Waals surface area contributed by atoms with Gasteiger partial charge in [0.05, 0.1) is 24.6 Å². The molecular weight excluding hydrogens is 372 g/mol. The number of nitrogens with zero attached hydrogens (tertiary/aromatic N) is 3. The van der Waals surface area contributed by atoms with Crippen LogP contribution in [0.5, 0.6) is 0 Å². The topological polar surface area (TPSA) is 67.4 Å². The fourth-order valence-corrected chi connectivity index (χ4v) is 5.34. The van der Waals surface area contributed by atoms with Crippen LogP contribution in [0.15, 0.2) is 24.4 Å². The van der Waals surface area contributed by atoms with Gasteiger partial charge in [0.1, 0.15) is 9.88 Å². The Balaban J connectivity index is 1.47. The van der Waals surface area contributed by atoms with Crippen LogP contribution < -0.4 is 5.32 Å². The Bertz CT molecular complexity index is 796. The van der Waals surface area contributed by atoms with E-state index in [0.717, 1.165) is 55.5 Å². The summed E-state index contributed by atoms with van der Waals surface area (Å²) in [5, 5.41) is 4.04. The van der Waals surface area contributed by atoms with E-state index in [1.165, 1.54) is 30.6 Å². The van der Waals surface area contributed by atoms with E-state index in [1.54, 1.807) is 6.20 Å². The number of aromatic nitrogens is 2. The highest BCUT2D eigenvalue weighted by Gasteiger charge is 2.39. The molecule has 1 aliphatic heterocycles. The Morgan fingerprint density at radius 1 is 1.25 bits per heavy atom. The number of hydrogen-bond acceptors (Lipinski definition) is 6. The minimum Gasteiger partial charge on any atom is -0.379 e. The van der Waals surface area contributed by atoms with Crippen molar-refractivity contribution in [3.63, 3.8) is 0 Å². The van der Waals surface area contributed by atoms with Gasteiger partial charge in [0.15, 0.2) is 0 Å². The zero-order chi connectivity index (χ0) is 19.4. The van der Waals surface area contributed by atoms with Crippen LogP contribution in [0, 0.1) is 6.92 Å². The average Bonchev–Trinajstić information content (AvgIpc) is 3.16. The molecule has 0 spiro atoms. The maximum atomic E-state index is 13.0. The normalized spacial score (nSPS) is 20.0. The number of thiazole rings is 1. The van der Waals surface area contributed by atoms with Crippen molar-refractivity contribution in [3.05, 3.63) is 35.0 Å². The molecule has 0 unspecified atom stereocenters. The lowest BCUT2D eigenvalue weighted by Crippen LogP contribution is -2.59. The molecule has 1 amide bonds. The Labute approximate surface area is 170 Å². The molecule has 6 nitrogen and oxygen atoms in total. The van der Waals surface area contributed by atoms with Gasteiger partial charge in [-0.05, 0) is 31.9 Å². The monoisotopic (exact) mass is 400 g/mol. The van der Waals surface area contributed by atoms with Crippen LogP contribution in [0.2, 0.25) is 0 Å². The zero-order valence-electron chi connectivity index (χ0n) is 16.4. The van der Waals surface area contributed by atoms with Crippen LogP contribution in [-0.2, 0) is 4.74 Å². The number of pyridine rings is 1. The molecule has 1 saturated carbocycles. The van der Waals surface area contributed by atoms with Gasteiger partial charge in [0.25, 0.3) is 5.91 Å². The van der Waals surface area contributed by atoms with E-state index >= 15 is 0 Å². The molecule has 7 heteroatoms. The lowest BCUT2D eigenvalue weighted by atomic mass is 9.79. The molecular formula is C21H28N4O2S. The van der Waals surface area contributed by atoms with E-state index in [1.807, 2.05) is 25.1 Å². The number of carbonyl (C=O) groups excluding carboxylic acids is 1. The summed E-state index contributed by atoms with van der Waals surface area (Å²) < 4.78 is 5.55. The molecule has 0 aromatic carbocycles. The first kappa shape index (κ1) is 19.5. The first-order chi connectivity index (χ1) is 13.7. The molecule has 2 fully saturated rings. The van der Waals surface area contributed by atoms with E-state index in [-0.39, 0.29) is 11.4 Å². The fraction of sp³-hybridized carbons (Fsp3) is 0.571. The summed E-state index contributed by atoms with van der Waals surface area (Å²) in [7, 11) is 0. The van der Waals surface area contributed by atoms with Crippen molar-refractivity contribution < 1.29 is 9.53 Å². The fourth-order valence-electron chi connectivity index (χ4n) is 4.38. The molecule has 0 radical (unpaired) electrons. The highest BCUT2D eigenvalue weighted by atomic mass is 32.1. The van der Waals surface area contributed by atoms with Crippen molar-refractivity contribution in [3.8, 4) is 10.7 Å².